The van der Waals surface area contributed by atoms with Gasteiger partial charge >= 0.3 is 6.09 Å². The number of sulfonamides is 1. The highest BCUT2D eigenvalue weighted by Crippen LogP contribution is 2.49. The third kappa shape index (κ3) is 6.70. The summed E-state index contributed by atoms with van der Waals surface area (Å²) in [6, 6.07) is 17.1. The van der Waals surface area contributed by atoms with Crippen LogP contribution in [-0.2, 0) is 36.1 Å². The second kappa shape index (κ2) is 13.1. The summed E-state index contributed by atoms with van der Waals surface area (Å²) in [4.78, 5) is 13.6. The van der Waals surface area contributed by atoms with Crippen molar-refractivity contribution in [3.05, 3.63) is 65.7 Å². The first kappa shape index (κ1) is 31.5. The molecule has 2 N–H and O–H groups in total. The Labute approximate surface area is 262 Å². The molecule has 6 rings (SSSR count). The average Bonchev–Trinajstić information content (AvgIpc) is 3.59. The van der Waals surface area contributed by atoms with E-state index in [2.05, 4.69) is 10.6 Å². The van der Waals surface area contributed by atoms with Gasteiger partial charge < -0.3 is 24.8 Å². The van der Waals surface area contributed by atoms with E-state index >= 15 is 0 Å². The summed E-state index contributed by atoms with van der Waals surface area (Å²) in [7, 11) is -1.78. The average molecular weight is 626 g/mol. The van der Waals surface area contributed by atoms with Crippen LogP contribution in [0.25, 0.3) is 0 Å². The Balaban J connectivity index is 1.15. The van der Waals surface area contributed by atoms with Crippen LogP contribution in [0.2, 0.25) is 0 Å². The van der Waals surface area contributed by atoms with Gasteiger partial charge in [-0.05, 0) is 68.3 Å². The summed E-state index contributed by atoms with van der Waals surface area (Å²) in [6.45, 7) is 6.71. The van der Waals surface area contributed by atoms with Crippen molar-refractivity contribution in [3.63, 3.8) is 0 Å². The third-order valence-corrected chi connectivity index (χ3v) is 11.8. The molecule has 2 aliphatic carbocycles. The van der Waals surface area contributed by atoms with Crippen molar-refractivity contribution in [1.82, 2.24) is 14.9 Å². The van der Waals surface area contributed by atoms with Crippen molar-refractivity contribution in [2.24, 2.45) is 23.7 Å². The van der Waals surface area contributed by atoms with Crippen LogP contribution < -0.4 is 10.6 Å². The van der Waals surface area contributed by atoms with Crippen LogP contribution in [0, 0.1) is 23.7 Å². The lowest BCUT2D eigenvalue weighted by Gasteiger charge is -2.29. The molecule has 44 heavy (non-hydrogen) atoms. The van der Waals surface area contributed by atoms with Crippen LogP contribution in [-0.4, -0.2) is 77.1 Å². The second-order valence-corrected chi connectivity index (χ2v) is 15.6. The number of amides is 1. The molecule has 1 amide bonds. The van der Waals surface area contributed by atoms with Crippen molar-refractivity contribution in [2.45, 2.75) is 74.7 Å². The van der Waals surface area contributed by atoms with Crippen molar-refractivity contribution in [3.8, 4) is 0 Å². The van der Waals surface area contributed by atoms with Gasteiger partial charge in [-0.3, -0.25) is 0 Å². The minimum absolute atomic E-state index is 0.121. The van der Waals surface area contributed by atoms with Gasteiger partial charge in [-0.2, -0.15) is 4.31 Å². The Kier molecular flexibility index (Phi) is 9.36. The van der Waals surface area contributed by atoms with Gasteiger partial charge in [0.1, 0.15) is 6.10 Å². The molecule has 2 heterocycles. The molecule has 2 saturated heterocycles. The maximum absolute atomic E-state index is 14.0. The molecule has 240 valence electrons. The van der Waals surface area contributed by atoms with Crippen molar-refractivity contribution < 1.29 is 27.4 Å². The van der Waals surface area contributed by atoms with Crippen LogP contribution in [0.3, 0.4) is 0 Å². The van der Waals surface area contributed by atoms with E-state index in [-0.39, 0.29) is 54.1 Å². The summed E-state index contributed by atoms with van der Waals surface area (Å²) in [5.41, 5.74) is 2.37. The van der Waals surface area contributed by atoms with Gasteiger partial charge in [0.05, 0.1) is 18.1 Å². The maximum Gasteiger partial charge on any atom is 0.407 e. The zero-order valence-electron chi connectivity index (χ0n) is 26.1. The molecule has 2 bridgehead atoms. The highest BCUT2D eigenvalue weighted by Gasteiger charge is 2.56. The lowest BCUT2D eigenvalue weighted by molar-refractivity contribution is -0.169. The van der Waals surface area contributed by atoms with E-state index in [1.54, 1.807) is 16.4 Å². The molecule has 9 nitrogen and oxygen atoms in total. The molecule has 4 fully saturated rings. The predicted molar refractivity (Wildman–Crippen MR) is 168 cm³/mol. The molecule has 0 radical (unpaired) electrons. The Morgan fingerprint density at radius 1 is 1.05 bits per heavy atom. The molecule has 2 aromatic rings. The molecule has 2 aromatic carbocycles. The van der Waals surface area contributed by atoms with Crippen molar-refractivity contribution in [1.29, 1.82) is 0 Å². The number of benzene rings is 2. The highest BCUT2D eigenvalue weighted by atomic mass is 32.2. The van der Waals surface area contributed by atoms with Crippen LogP contribution in [0.4, 0.5) is 4.79 Å². The number of nitrogens with zero attached hydrogens (tertiary/aromatic N) is 1. The molecule has 0 aromatic heterocycles. The third-order valence-electron chi connectivity index (χ3n) is 9.95. The number of likely N-dealkylation sites (N-methyl/N-ethyl adjacent to an activating group) is 1. The lowest BCUT2D eigenvalue weighted by Crippen LogP contribution is -2.44. The summed E-state index contributed by atoms with van der Waals surface area (Å²) >= 11 is 0. The Morgan fingerprint density at radius 2 is 1.77 bits per heavy atom. The van der Waals surface area contributed by atoms with Gasteiger partial charge in [-0.15, -0.1) is 0 Å². The number of carbonyl (C=O) groups excluding carboxylic acids is 1. The number of fused-ring (bicyclic) bond motifs is 1. The SMILES string of the molecule is CNCC1(c2ccc(S(=O)(=O)N(CCC(Cc3ccccc3)NC(=O)OC3C4COC5OCC3C5C4)CC(C)C)cc2)CC1. The predicted octanol–water partition coefficient (Wildman–Crippen LogP) is 4.32. The molecule has 6 unspecified atom stereocenters. The normalized spacial score (nSPS) is 27.4. The fraction of sp³-hybridized carbons (Fsp3) is 0.618. The highest BCUT2D eigenvalue weighted by molar-refractivity contribution is 7.89. The van der Waals surface area contributed by atoms with Gasteiger partial charge in [0.15, 0.2) is 6.29 Å². The topological polar surface area (TPSA) is 106 Å². The molecule has 6 atom stereocenters. The number of nitrogens with one attached hydrogen (secondary N) is 2. The van der Waals surface area contributed by atoms with Gasteiger partial charge in [-0.25, -0.2) is 13.2 Å². The zero-order valence-corrected chi connectivity index (χ0v) is 26.9. The zero-order chi connectivity index (χ0) is 30.9. The standard InChI is InChI=1S/C34H47N3O6S/c1-23(2)19-37(44(39,40)28-11-9-26(10-12-28)34(14-15-34)22-35-3)16-13-27(17-24-7-5-4-6-8-24)36-33(38)43-31-25-18-29-30(31)21-42-32(29)41-20-25/h4-12,23,25,27,29-32,35H,13-22H2,1-3H3,(H,36,38). The molecule has 10 heteroatoms. The van der Waals surface area contributed by atoms with Crippen LogP contribution in [0.5, 0.6) is 0 Å². The smallest absolute Gasteiger partial charge is 0.407 e. The number of ether oxygens (including phenoxy) is 3. The minimum Gasteiger partial charge on any atom is -0.445 e. The number of carbonyl (C=O) groups is 1. The summed E-state index contributed by atoms with van der Waals surface area (Å²) in [5, 5.41) is 6.37. The monoisotopic (exact) mass is 625 g/mol. The van der Waals surface area contributed by atoms with Crippen molar-refractivity contribution in [2.75, 3.05) is 39.9 Å². The quantitative estimate of drug-likeness (QED) is 0.322. The Morgan fingerprint density at radius 3 is 2.45 bits per heavy atom. The maximum atomic E-state index is 14.0. The summed E-state index contributed by atoms with van der Waals surface area (Å²) < 4.78 is 47.1. The molecule has 2 aliphatic heterocycles. The minimum atomic E-state index is -3.74. The molecule has 0 spiro atoms. The second-order valence-electron chi connectivity index (χ2n) is 13.6. The van der Waals surface area contributed by atoms with Gasteiger partial charge in [0.25, 0.3) is 0 Å². The fourth-order valence-electron chi connectivity index (χ4n) is 7.50. The lowest BCUT2D eigenvalue weighted by atomic mass is 9.96. The van der Waals surface area contributed by atoms with E-state index in [0.717, 1.165) is 31.4 Å². The van der Waals surface area contributed by atoms with E-state index in [1.165, 1.54) is 5.56 Å². The fourth-order valence-corrected chi connectivity index (χ4v) is 9.12. The van der Waals surface area contributed by atoms with E-state index < -0.39 is 16.1 Å². The van der Waals surface area contributed by atoms with E-state index in [0.29, 0.717) is 37.5 Å². The van der Waals surface area contributed by atoms with Gasteiger partial charge in [-0.1, -0.05) is 56.3 Å². The number of alkyl carbamates (subject to hydrolysis) is 1. The van der Waals surface area contributed by atoms with Crippen LogP contribution >= 0.6 is 0 Å². The first-order valence-corrected chi connectivity index (χ1v) is 17.6. The van der Waals surface area contributed by atoms with E-state index in [9.17, 15) is 13.2 Å². The first-order valence-electron chi connectivity index (χ1n) is 16.2. The summed E-state index contributed by atoms with van der Waals surface area (Å²) in [6.07, 6.45) is 3.35. The largest absolute Gasteiger partial charge is 0.445 e. The molecule has 2 saturated carbocycles. The van der Waals surface area contributed by atoms with E-state index in [4.69, 9.17) is 14.2 Å². The van der Waals surface area contributed by atoms with Crippen LogP contribution in [0.1, 0.15) is 50.7 Å². The molecular formula is C34H47N3O6S. The van der Waals surface area contributed by atoms with Gasteiger partial charge in [0, 0.05) is 48.8 Å². The Bertz CT molecular complexity index is 1380. The number of hydrogen-bond donors (Lipinski definition) is 2. The van der Waals surface area contributed by atoms with E-state index in [1.807, 2.05) is 63.4 Å². The van der Waals surface area contributed by atoms with Crippen molar-refractivity contribution >= 4 is 16.1 Å². The molecular weight excluding hydrogens is 578 g/mol. The first-order chi connectivity index (χ1) is 21.2. The molecule has 4 aliphatic rings. The van der Waals surface area contributed by atoms with Crippen LogP contribution in [0.15, 0.2) is 59.5 Å². The summed E-state index contributed by atoms with van der Waals surface area (Å²) in [5.74, 6) is 0.779. The Hall–Kier alpha value is -2.50. The number of hydrogen-bond acceptors (Lipinski definition) is 7. The number of rotatable bonds is 14. The van der Waals surface area contributed by atoms with Gasteiger partial charge in [0.2, 0.25) is 10.0 Å².